The van der Waals surface area contributed by atoms with E-state index in [2.05, 4.69) is 0 Å². The van der Waals surface area contributed by atoms with Crippen LogP contribution in [0.2, 0.25) is 0 Å². The first-order valence-corrected chi connectivity index (χ1v) is 5.79. The van der Waals surface area contributed by atoms with Gasteiger partial charge in [0, 0.05) is 23.5 Å². The zero-order valence-electron chi connectivity index (χ0n) is 9.51. The second kappa shape index (κ2) is 3.81. The lowest BCUT2D eigenvalue weighted by molar-refractivity contribution is -0.133. The highest BCUT2D eigenvalue weighted by Crippen LogP contribution is 2.42. The van der Waals surface area contributed by atoms with Gasteiger partial charge in [-0.15, -0.1) is 0 Å². The van der Waals surface area contributed by atoms with E-state index >= 15 is 0 Å². The quantitative estimate of drug-likeness (QED) is 0.839. The molecule has 0 aromatic heterocycles. The summed E-state index contributed by atoms with van der Waals surface area (Å²) in [5.41, 5.74) is 0.901. The third-order valence-corrected chi connectivity index (χ3v) is 3.32. The zero-order chi connectivity index (χ0) is 12.9. The molecule has 0 amide bonds. The van der Waals surface area contributed by atoms with Crippen LogP contribution in [-0.2, 0) is 4.79 Å². The number of carboxylic acid groups (broad SMARTS) is 1. The lowest BCUT2D eigenvalue weighted by Gasteiger charge is -2.31. The minimum Gasteiger partial charge on any atom is -0.478 e. The molecule has 2 N–H and O–H groups in total. The van der Waals surface area contributed by atoms with E-state index in [0.717, 1.165) is 12.8 Å². The van der Waals surface area contributed by atoms with Gasteiger partial charge in [-0.2, -0.15) is 0 Å². The summed E-state index contributed by atoms with van der Waals surface area (Å²) in [6.45, 7) is 0. The van der Waals surface area contributed by atoms with Gasteiger partial charge in [0.1, 0.15) is 11.9 Å². The number of nitrogens with zero attached hydrogens (tertiary/aromatic N) is 1. The van der Waals surface area contributed by atoms with Crippen molar-refractivity contribution < 1.29 is 19.4 Å². The van der Waals surface area contributed by atoms with Crippen molar-refractivity contribution in [2.24, 2.45) is 0 Å². The Kier molecular flexibility index (Phi) is 2.38. The number of benzene rings is 1. The predicted octanol–water partition coefficient (Wildman–Crippen LogP) is 1.81. The van der Waals surface area contributed by atoms with E-state index in [-0.39, 0.29) is 11.6 Å². The fourth-order valence-electron chi connectivity index (χ4n) is 2.26. The number of aliphatic hydroxyl groups is 1. The predicted molar refractivity (Wildman–Crippen MR) is 62.6 cm³/mol. The van der Waals surface area contributed by atoms with Crippen molar-refractivity contribution in [2.75, 3.05) is 4.90 Å². The topological polar surface area (TPSA) is 60.8 Å². The van der Waals surface area contributed by atoms with Gasteiger partial charge in [-0.3, -0.25) is 0 Å². The smallest absolute Gasteiger partial charge is 0.336 e. The number of anilines is 1. The molecule has 1 aliphatic heterocycles. The third-order valence-electron chi connectivity index (χ3n) is 3.32. The van der Waals surface area contributed by atoms with E-state index < -0.39 is 17.9 Å². The molecule has 1 fully saturated rings. The maximum atomic E-state index is 13.2. The van der Waals surface area contributed by atoms with Crippen LogP contribution in [0.3, 0.4) is 0 Å². The van der Waals surface area contributed by atoms with Gasteiger partial charge in [0.2, 0.25) is 0 Å². The molecule has 0 saturated heterocycles. The number of carbonyl (C=O) groups is 1. The monoisotopic (exact) mass is 249 g/mol. The Labute approximate surface area is 103 Å². The number of rotatable bonds is 2. The highest BCUT2D eigenvalue weighted by molar-refractivity contribution is 5.90. The minimum absolute atomic E-state index is 0.111. The number of carboxylic acids is 1. The maximum Gasteiger partial charge on any atom is 0.336 e. The lowest BCUT2D eigenvalue weighted by atomic mass is 9.96. The van der Waals surface area contributed by atoms with Gasteiger partial charge in [-0.1, -0.05) is 0 Å². The number of hydrogen-bond acceptors (Lipinski definition) is 3. The normalized spacial score (nSPS) is 22.4. The van der Waals surface area contributed by atoms with Crippen molar-refractivity contribution in [2.45, 2.75) is 25.0 Å². The first kappa shape index (κ1) is 11.2. The van der Waals surface area contributed by atoms with Crippen molar-refractivity contribution in [3.05, 3.63) is 41.4 Å². The van der Waals surface area contributed by atoms with Crippen molar-refractivity contribution in [3.63, 3.8) is 0 Å². The van der Waals surface area contributed by atoms with Gasteiger partial charge >= 0.3 is 5.97 Å². The molecule has 1 aromatic rings. The molecular formula is C13H12FNO3. The van der Waals surface area contributed by atoms with Gasteiger partial charge in [0.05, 0.1) is 5.57 Å². The van der Waals surface area contributed by atoms with E-state index in [0.29, 0.717) is 11.3 Å². The Morgan fingerprint density at radius 2 is 2.11 bits per heavy atom. The van der Waals surface area contributed by atoms with E-state index in [1.807, 2.05) is 4.90 Å². The molecule has 0 bridgehead atoms. The Hall–Kier alpha value is -1.88. The number of hydrogen-bond donors (Lipinski definition) is 2. The summed E-state index contributed by atoms with van der Waals surface area (Å²) in [5, 5.41) is 19.1. The lowest BCUT2D eigenvalue weighted by Crippen LogP contribution is -2.29. The summed E-state index contributed by atoms with van der Waals surface area (Å²) in [6.07, 6.45) is 2.15. The Morgan fingerprint density at radius 1 is 1.39 bits per heavy atom. The Morgan fingerprint density at radius 3 is 2.72 bits per heavy atom. The summed E-state index contributed by atoms with van der Waals surface area (Å²) in [5.74, 6) is -1.65. The summed E-state index contributed by atoms with van der Waals surface area (Å²) in [6, 6.07) is 4.36. The fourth-order valence-corrected chi connectivity index (χ4v) is 2.26. The summed E-state index contributed by atoms with van der Waals surface area (Å²) in [7, 11) is 0. The van der Waals surface area contributed by atoms with Crippen LogP contribution in [0.1, 0.15) is 24.5 Å². The van der Waals surface area contributed by atoms with Gasteiger partial charge in [0.15, 0.2) is 0 Å². The maximum absolute atomic E-state index is 13.2. The minimum atomic E-state index is -1.27. The second-order valence-electron chi connectivity index (χ2n) is 4.63. The van der Waals surface area contributed by atoms with E-state index in [1.54, 1.807) is 6.07 Å². The van der Waals surface area contributed by atoms with Gasteiger partial charge in [0.25, 0.3) is 0 Å². The van der Waals surface area contributed by atoms with Gasteiger partial charge < -0.3 is 15.1 Å². The standard InChI is InChI=1S/C13H12FNO3/c14-7-1-4-11-9(5-7)12(16)10(13(17)18)6-15(11)8-2-3-8/h1,4-6,8,12,16H,2-3H2,(H,17,18). The summed E-state index contributed by atoms with van der Waals surface area (Å²) < 4.78 is 13.2. The van der Waals surface area contributed by atoms with E-state index in [4.69, 9.17) is 5.11 Å². The molecule has 1 aromatic carbocycles. The molecular weight excluding hydrogens is 237 g/mol. The van der Waals surface area contributed by atoms with Crippen molar-refractivity contribution in [1.82, 2.24) is 0 Å². The van der Waals surface area contributed by atoms with Crippen LogP contribution in [0.5, 0.6) is 0 Å². The highest BCUT2D eigenvalue weighted by atomic mass is 19.1. The van der Waals surface area contributed by atoms with Gasteiger partial charge in [-0.05, 0) is 31.0 Å². The number of aliphatic carboxylic acids is 1. The van der Waals surface area contributed by atoms with E-state index in [1.165, 1.54) is 18.3 Å². The molecule has 2 aliphatic rings. The number of aliphatic hydroxyl groups excluding tert-OH is 1. The molecule has 0 radical (unpaired) electrons. The van der Waals surface area contributed by atoms with Gasteiger partial charge in [-0.25, -0.2) is 9.18 Å². The Bertz CT molecular complexity index is 551. The SMILES string of the molecule is O=C(O)C1=CN(C2CC2)c2ccc(F)cc2C1O. The highest BCUT2D eigenvalue weighted by Gasteiger charge is 2.36. The van der Waals surface area contributed by atoms with Crippen molar-refractivity contribution in [1.29, 1.82) is 0 Å². The molecule has 1 aliphatic carbocycles. The molecule has 1 unspecified atom stereocenters. The number of halogens is 1. The summed E-state index contributed by atoms with van der Waals surface area (Å²) >= 11 is 0. The molecule has 18 heavy (non-hydrogen) atoms. The molecule has 3 rings (SSSR count). The zero-order valence-corrected chi connectivity index (χ0v) is 9.51. The Balaban J connectivity index is 2.13. The van der Waals surface area contributed by atoms with Crippen LogP contribution in [0, 0.1) is 5.82 Å². The molecule has 5 heteroatoms. The molecule has 1 heterocycles. The number of fused-ring (bicyclic) bond motifs is 1. The average Bonchev–Trinajstić information content (AvgIpc) is 3.14. The molecule has 0 spiro atoms. The first-order valence-electron chi connectivity index (χ1n) is 5.79. The molecule has 1 saturated carbocycles. The van der Waals surface area contributed by atoms with Crippen LogP contribution < -0.4 is 4.90 Å². The molecule has 94 valence electrons. The second-order valence-corrected chi connectivity index (χ2v) is 4.63. The van der Waals surface area contributed by atoms with Crippen LogP contribution in [-0.4, -0.2) is 22.2 Å². The van der Waals surface area contributed by atoms with Crippen molar-refractivity contribution in [3.8, 4) is 0 Å². The van der Waals surface area contributed by atoms with Crippen LogP contribution in [0.4, 0.5) is 10.1 Å². The van der Waals surface area contributed by atoms with Crippen LogP contribution in [0.15, 0.2) is 30.0 Å². The average molecular weight is 249 g/mol. The van der Waals surface area contributed by atoms with Crippen LogP contribution >= 0.6 is 0 Å². The van der Waals surface area contributed by atoms with E-state index in [9.17, 15) is 14.3 Å². The largest absolute Gasteiger partial charge is 0.478 e. The third kappa shape index (κ3) is 1.67. The molecule has 1 atom stereocenters. The fraction of sp³-hybridized carbons (Fsp3) is 0.308. The summed E-state index contributed by atoms with van der Waals surface area (Å²) in [4.78, 5) is 12.9. The molecule has 4 nitrogen and oxygen atoms in total. The first-order chi connectivity index (χ1) is 8.58. The van der Waals surface area contributed by atoms with Crippen molar-refractivity contribution >= 4 is 11.7 Å². The van der Waals surface area contributed by atoms with Crippen LogP contribution in [0.25, 0.3) is 0 Å².